The van der Waals surface area contributed by atoms with E-state index in [1.54, 1.807) is 12.1 Å². The van der Waals surface area contributed by atoms with Crippen molar-refractivity contribution in [3.63, 3.8) is 0 Å². The van der Waals surface area contributed by atoms with E-state index in [2.05, 4.69) is 10.3 Å². The third kappa shape index (κ3) is 3.34. The first-order valence-corrected chi connectivity index (χ1v) is 5.89. The van der Waals surface area contributed by atoms with Crippen LogP contribution in [-0.4, -0.2) is 17.4 Å². The molecular weight excluding hydrogens is 269 g/mol. The Labute approximate surface area is 113 Å². The van der Waals surface area contributed by atoms with Crippen molar-refractivity contribution in [3.05, 3.63) is 65.2 Å². The smallest absolute Gasteiger partial charge is 0.252 e. The van der Waals surface area contributed by atoms with Crippen molar-refractivity contribution in [2.75, 3.05) is 6.54 Å². The number of nitrogens with zero attached hydrogens (tertiary/aromatic N) is 1. The van der Waals surface area contributed by atoms with E-state index < -0.39 is 17.5 Å². The van der Waals surface area contributed by atoms with Gasteiger partial charge in [-0.05, 0) is 18.6 Å². The van der Waals surface area contributed by atoms with Crippen molar-refractivity contribution < 1.29 is 18.0 Å². The minimum absolute atomic E-state index is 0.0349. The van der Waals surface area contributed by atoms with Crippen molar-refractivity contribution in [1.29, 1.82) is 0 Å². The quantitative estimate of drug-likeness (QED) is 0.934. The van der Waals surface area contributed by atoms with Gasteiger partial charge in [0.1, 0.15) is 17.5 Å². The van der Waals surface area contributed by atoms with Crippen LogP contribution in [0.1, 0.15) is 15.9 Å². The molecule has 0 saturated carbocycles. The highest BCUT2D eigenvalue weighted by Gasteiger charge is 2.12. The van der Waals surface area contributed by atoms with Gasteiger partial charge in [0.05, 0.1) is 5.56 Å². The molecule has 3 nitrogen and oxygen atoms in total. The van der Waals surface area contributed by atoms with Crippen molar-refractivity contribution in [1.82, 2.24) is 10.3 Å². The summed E-state index contributed by atoms with van der Waals surface area (Å²) in [4.78, 5) is 15.4. The van der Waals surface area contributed by atoms with E-state index in [0.717, 1.165) is 0 Å². The largest absolute Gasteiger partial charge is 0.352 e. The van der Waals surface area contributed by atoms with E-state index >= 15 is 0 Å². The van der Waals surface area contributed by atoms with Crippen LogP contribution in [0.5, 0.6) is 0 Å². The summed E-state index contributed by atoms with van der Waals surface area (Å²) in [6, 6.07) is 4.40. The Morgan fingerprint density at radius 3 is 2.50 bits per heavy atom. The van der Waals surface area contributed by atoms with Gasteiger partial charge >= 0.3 is 0 Å². The lowest BCUT2D eigenvalue weighted by molar-refractivity contribution is 0.0953. The average molecular weight is 280 g/mol. The molecule has 20 heavy (non-hydrogen) atoms. The number of aromatic nitrogens is 1. The number of hydrogen-bond acceptors (Lipinski definition) is 2. The highest BCUT2D eigenvalue weighted by Crippen LogP contribution is 2.14. The number of halogens is 3. The van der Waals surface area contributed by atoms with Gasteiger partial charge in [0.15, 0.2) is 0 Å². The number of nitrogens with one attached hydrogen (secondary N) is 1. The Bertz CT molecular complexity index is 594. The topological polar surface area (TPSA) is 42.0 Å². The lowest BCUT2D eigenvalue weighted by Crippen LogP contribution is -2.26. The molecule has 1 N–H and O–H groups in total. The standard InChI is InChI=1S/C14H11F3N2O/c15-10-6-12(16)11(13(17)7-10)3-5-19-14(20)9-2-1-4-18-8-9/h1-2,4,6-8H,3,5H2,(H,19,20). The summed E-state index contributed by atoms with van der Waals surface area (Å²) in [5, 5.41) is 2.51. The Hall–Kier alpha value is -2.37. The van der Waals surface area contributed by atoms with Crippen LogP contribution in [0.2, 0.25) is 0 Å². The second-order valence-corrected chi connectivity index (χ2v) is 4.10. The highest BCUT2D eigenvalue weighted by molar-refractivity contribution is 5.93. The Morgan fingerprint density at radius 2 is 1.90 bits per heavy atom. The van der Waals surface area contributed by atoms with Gasteiger partial charge in [-0.3, -0.25) is 9.78 Å². The zero-order valence-electron chi connectivity index (χ0n) is 10.4. The summed E-state index contributed by atoms with van der Waals surface area (Å²) < 4.78 is 39.4. The molecule has 0 aliphatic rings. The molecule has 2 rings (SSSR count). The molecule has 2 aromatic rings. The summed E-state index contributed by atoms with van der Waals surface area (Å²) in [6.07, 6.45) is 2.85. The lowest BCUT2D eigenvalue weighted by Gasteiger charge is -2.07. The van der Waals surface area contributed by atoms with Gasteiger partial charge in [-0.15, -0.1) is 0 Å². The molecule has 1 heterocycles. The van der Waals surface area contributed by atoms with Crippen LogP contribution in [0.15, 0.2) is 36.7 Å². The van der Waals surface area contributed by atoms with Gasteiger partial charge in [-0.2, -0.15) is 0 Å². The monoisotopic (exact) mass is 280 g/mol. The Kier molecular flexibility index (Phi) is 4.34. The molecule has 0 unspecified atom stereocenters. The third-order valence-corrected chi connectivity index (χ3v) is 2.69. The summed E-state index contributed by atoms with van der Waals surface area (Å²) in [6.45, 7) is 0.0349. The van der Waals surface area contributed by atoms with E-state index in [1.807, 2.05) is 0 Å². The number of amides is 1. The van der Waals surface area contributed by atoms with E-state index in [9.17, 15) is 18.0 Å². The fraction of sp³-hybridized carbons (Fsp3) is 0.143. The van der Waals surface area contributed by atoms with Gasteiger partial charge in [0, 0.05) is 36.6 Å². The minimum atomic E-state index is -0.969. The summed E-state index contributed by atoms with van der Waals surface area (Å²) in [5.41, 5.74) is 0.102. The van der Waals surface area contributed by atoms with E-state index in [-0.39, 0.29) is 24.4 Å². The normalized spacial score (nSPS) is 10.3. The van der Waals surface area contributed by atoms with Gasteiger partial charge in [-0.25, -0.2) is 13.2 Å². The number of carbonyl (C=O) groups is 1. The molecule has 0 fully saturated rings. The molecular formula is C14H11F3N2O. The fourth-order valence-corrected chi connectivity index (χ4v) is 1.71. The Balaban J connectivity index is 1.95. The molecule has 0 radical (unpaired) electrons. The molecule has 1 aromatic heterocycles. The van der Waals surface area contributed by atoms with E-state index in [4.69, 9.17) is 0 Å². The third-order valence-electron chi connectivity index (χ3n) is 2.69. The summed E-state index contributed by atoms with van der Waals surface area (Å²) >= 11 is 0. The van der Waals surface area contributed by atoms with Gasteiger partial charge in [0.25, 0.3) is 5.91 Å². The van der Waals surface area contributed by atoms with Crippen LogP contribution >= 0.6 is 0 Å². The molecule has 1 amide bonds. The molecule has 6 heteroatoms. The number of hydrogen-bond donors (Lipinski definition) is 1. The maximum Gasteiger partial charge on any atom is 0.252 e. The zero-order valence-corrected chi connectivity index (χ0v) is 10.4. The molecule has 104 valence electrons. The van der Waals surface area contributed by atoms with E-state index in [1.165, 1.54) is 12.4 Å². The van der Waals surface area contributed by atoms with Gasteiger partial charge in [0.2, 0.25) is 0 Å². The summed E-state index contributed by atoms with van der Waals surface area (Å²) in [7, 11) is 0. The van der Waals surface area contributed by atoms with Crippen molar-refractivity contribution in [2.24, 2.45) is 0 Å². The van der Waals surface area contributed by atoms with Crippen molar-refractivity contribution in [3.8, 4) is 0 Å². The predicted octanol–water partition coefficient (Wildman–Crippen LogP) is 2.47. The molecule has 0 saturated heterocycles. The van der Waals surface area contributed by atoms with E-state index in [0.29, 0.717) is 17.7 Å². The zero-order chi connectivity index (χ0) is 14.5. The first-order chi connectivity index (χ1) is 9.58. The second kappa shape index (κ2) is 6.18. The van der Waals surface area contributed by atoms with Crippen LogP contribution in [-0.2, 0) is 6.42 Å². The minimum Gasteiger partial charge on any atom is -0.352 e. The number of rotatable bonds is 4. The first-order valence-electron chi connectivity index (χ1n) is 5.89. The molecule has 0 aliphatic carbocycles. The molecule has 1 aromatic carbocycles. The fourth-order valence-electron chi connectivity index (χ4n) is 1.71. The SMILES string of the molecule is O=C(NCCc1c(F)cc(F)cc1F)c1cccnc1. The summed E-state index contributed by atoms with van der Waals surface area (Å²) in [5.74, 6) is -3.28. The van der Waals surface area contributed by atoms with Crippen molar-refractivity contribution >= 4 is 5.91 Å². The maximum absolute atomic E-state index is 13.4. The van der Waals surface area contributed by atoms with Crippen LogP contribution in [0.4, 0.5) is 13.2 Å². The number of benzene rings is 1. The lowest BCUT2D eigenvalue weighted by atomic mass is 10.1. The molecule has 0 bridgehead atoms. The van der Waals surface area contributed by atoms with Gasteiger partial charge < -0.3 is 5.32 Å². The second-order valence-electron chi connectivity index (χ2n) is 4.10. The van der Waals surface area contributed by atoms with Crippen LogP contribution in [0.25, 0.3) is 0 Å². The van der Waals surface area contributed by atoms with Crippen molar-refractivity contribution in [2.45, 2.75) is 6.42 Å². The number of pyridine rings is 1. The van der Waals surface area contributed by atoms with Crippen LogP contribution in [0.3, 0.4) is 0 Å². The van der Waals surface area contributed by atoms with Crippen LogP contribution in [0, 0.1) is 17.5 Å². The first kappa shape index (κ1) is 14.0. The highest BCUT2D eigenvalue weighted by atomic mass is 19.1. The maximum atomic E-state index is 13.4. The van der Waals surface area contributed by atoms with Gasteiger partial charge in [-0.1, -0.05) is 0 Å². The average Bonchev–Trinajstić information content (AvgIpc) is 2.42. The molecule has 0 atom stereocenters. The Morgan fingerprint density at radius 1 is 1.20 bits per heavy atom. The van der Waals surface area contributed by atoms with Crippen LogP contribution < -0.4 is 5.32 Å². The number of carbonyl (C=O) groups excluding carboxylic acids is 1. The molecule has 0 spiro atoms. The predicted molar refractivity (Wildman–Crippen MR) is 66.6 cm³/mol. The molecule has 0 aliphatic heterocycles.